The van der Waals surface area contributed by atoms with Crippen LogP contribution in [0.1, 0.15) is 24.2 Å². The number of hydrogen-bond donors (Lipinski definition) is 1. The molecule has 3 rings (SSSR count). The van der Waals surface area contributed by atoms with E-state index in [-0.39, 0.29) is 18.0 Å². The lowest BCUT2D eigenvalue weighted by Crippen LogP contribution is -2.31. The molecule has 1 heterocycles. The summed E-state index contributed by atoms with van der Waals surface area (Å²) in [5, 5.41) is 9.80. The Kier molecular flexibility index (Phi) is 4.74. The second-order valence-corrected chi connectivity index (χ2v) is 5.91. The van der Waals surface area contributed by atoms with Gasteiger partial charge in [-0.15, -0.1) is 6.58 Å². The van der Waals surface area contributed by atoms with E-state index < -0.39 is 0 Å². The maximum absolute atomic E-state index is 9.80. The van der Waals surface area contributed by atoms with E-state index in [4.69, 9.17) is 18.9 Å². The van der Waals surface area contributed by atoms with Crippen LogP contribution in [-0.4, -0.2) is 25.4 Å². The number of methoxy groups -OCH3 is 2. The molecule has 0 saturated carbocycles. The number of aromatic hydroxyl groups is 1. The van der Waals surface area contributed by atoms with E-state index in [1.165, 1.54) is 7.11 Å². The molecule has 1 N–H and O–H groups in total. The Hall–Kier alpha value is -2.82. The van der Waals surface area contributed by atoms with Crippen molar-refractivity contribution in [2.75, 3.05) is 14.2 Å². The van der Waals surface area contributed by atoms with Crippen LogP contribution in [0.5, 0.6) is 28.7 Å². The minimum atomic E-state index is -0.328. The van der Waals surface area contributed by atoms with Crippen molar-refractivity contribution in [3.63, 3.8) is 0 Å². The largest absolute Gasteiger partial charge is 0.504 e. The lowest BCUT2D eigenvalue weighted by Gasteiger charge is -2.33. The molecule has 0 spiro atoms. The van der Waals surface area contributed by atoms with E-state index in [2.05, 4.69) is 6.58 Å². The fraction of sp³-hybridized carbons (Fsp3) is 0.300. The summed E-state index contributed by atoms with van der Waals surface area (Å²) >= 11 is 0. The topological polar surface area (TPSA) is 57.2 Å². The zero-order chi connectivity index (χ0) is 18.0. The zero-order valence-corrected chi connectivity index (χ0v) is 14.6. The third-order valence-electron chi connectivity index (χ3n) is 4.20. The van der Waals surface area contributed by atoms with Gasteiger partial charge in [-0.25, -0.2) is 0 Å². The van der Waals surface area contributed by atoms with Gasteiger partial charge in [0.05, 0.1) is 14.2 Å². The highest BCUT2D eigenvalue weighted by atomic mass is 16.6. The molecular weight excluding hydrogens is 320 g/mol. The van der Waals surface area contributed by atoms with E-state index >= 15 is 0 Å². The SMILES string of the molecule is C=CCc1cc(OC)c2c(c1)OC(c1ccc(O)c(OC)c1)C(C)O2. The van der Waals surface area contributed by atoms with Gasteiger partial charge in [0, 0.05) is 5.56 Å². The summed E-state index contributed by atoms with van der Waals surface area (Å²) in [6.07, 6.45) is 1.97. The van der Waals surface area contributed by atoms with Crippen molar-refractivity contribution < 1.29 is 24.1 Å². The molecule has 1 aliphatic heterocycles. The van der Waals surface area contributed by atoms with Crippen LogP contribution >= 0.6 is 0 Å². The van der Waals surface area contributed by atoms with Crippen LogP contribution in [0.2, 0.25) is 0 Å². The van der Waals surface area contributed by atoms with Gasteiger partial charge in [0.2, 0.25) is 5.75 Å². The van der Waals surface area contributed by atoms with Gasteiger partial charge in [0.15, 0.2) is 29.1 Å². The summed E-state index contributed by atoms with van der Waals surface area (Å²) in [4.78, 5) is 0. The molecule has 0 aliphatic carbocycles. The predicted molar refractivity (Wildman–Crippen MR) is 95.0 cm³/mol. The number of phenols is 1. The van der Waals surface area contributed by atoms with Crippen LogP contribution in [0.15, 0.2) is 43.0 Å². The van der Waals surface area contributed by atoms with Crippen LogP contribution in [-0.2, 0) is 6.42 Å². The Morgan fingerprint density at radius 3 is 2.56 bits per heavy atom. The van der Waals surface area contributed by atoms with Gasteiger partial charge in [0.25, 0.3) is 0 Å². The van der Waals surface area contributed by atoms with Crippen molar-refractivity contribution in [1.82, 2.24) is 0 Å². The molecule has 25 heavy (non-hydrogen) atoms. The second kappa shape index (κ2) is 6.97. The third-order valence-corrected chi connectivity index (χ3v) is 4.20. The summed E-state index contributed by atoms with van der Waals surface area (Å²) in [6, 6.07) is 9.03. The molecule has 0 aromatic heterocycles. The predicted octanol–water partition coefficient (Wildman–Crippen LogP) is 4.04. The Balaban J connectivity index is 1.99. The molecule has 0 fully saturated rings. The van der Waals surface area contributed by atoms with Gasteiger partial charge in [-0.3, -0.25) is 0 Å². The number of benzene rings is 2. The van der Waals surface area contributed by atoms with Gasteiger partial charge in [-0.2, -0.15) is 0 Å². The monoisotopic (exact) mass is 342 g/mol. The quantitative estimate of drug-likeness (QED) is 0.831. The molecule has 2 aromatic rings. The summed E-state index contributed by atoms with van der Waals surface area (Å²) < 4.78 is 22.9. The minimum absolute atomic E-state index is 0.0889. The van der Waals surface area contributed by atoms with Crippen molar-refractivity contribution in [2.45, 2.75) is 25.6 Å². The fourth-order valence-electron chi connectivity index (χ4n) is 2.96. The van der Waals surface area contributed by atoms with Crippen molar-refractivity contribution >= 4 is 0 Å². The number of ether oxygens (including phenoxy) is 4. The van der Waals surface area contributed by atoms with E-state index in [0.717, 1.165) is 11.1 Å². The van der Waals surface area contributed by atoms with E-state index in [1.54, 1.807) is 25.3 Å². The molecule has 0 amide bonds. The molecule has 132 valence electrons. The summed E-state index contributed by atoms with van der Waals surface area (Å²) in [5.41, 5.74) is 1.90. The number of hydrogen-bond acceptors (Lipinski definition) is 5. The Bertz CT molecular complexity index is 784. The molecular formula is C20H22O5. The summed E-state index contributed by atoms with van der Waals surface area (Å²) in [5.74, 6) is 2.36. The first-order valence-electron chi connectivity index (χ1n) is 8.09. The maximum atomic E-state index is 9.80. The average molecular weight is 342 g/mol. The first-order chi connectivity index (χ1) is 12.1. The minimum Gasteiger partial charge on any atom is -0.504 e. The van der Waals surface area contributed by atoms with Gasteiger partial charge in [0.1, 0.15) is 6.10 Å². The molecule has 0 saturated heterocycles. The smallest absolute Gasteiger partial charge is 0.204 e. The molecule has 2 aromatic carbocycles. The molecule has 5 heteroatoms. The lowest BCUT2D eigenvalue weighted by molar-refractivity contribution is 0.0279. The van der Waals surface area contributed by atoms with Crippen molar-refractivity contribution in [2.24, 2.45) is 0 Å². The first kappa shape index (κ1) is 17.0. The summed E-state index contributed by atoms with van der Waals surface area (Å²) in [6.45, 7) is 5.71. The lowest BCUT2D eigenvalue weighted by atomic mass is 10.0. The molecule has 2 unspecified atom stereocenters. The van der Waals surface area contributed by atoms with Crippen LogP contribution in [0, 0.1) is 0 Å². The van der Waals surface area contributed by atoms with Crippen LogP contribution in [0.4, 0.5) is 0 Å². The first-order valence-corrected chi connectivity index (χ1v) is 8.09. The third kappa shape index (κ3) is 3.22. The molecule has 0 bridgehead atoms. The Morgan fingerprint density at radius 1 is 1.12 bits per heavy atom. The van der Waals surface area contributed by atoms with Crippen LogP contribution < -0.4 is 18.9 Å². The van der Waals surface area contributed by atoms with Crippen molar-refractivity contribution in [3.8, 4) is 28.7 Å². The zero-order valence-electron chi connectivity index (χ0n) is 14.6. The van der Waals surface area contributed by atoms with Gasteiger partial charge >= 0.3 is 0 Å². The van der Waals surface area contributed by atoms with Crippen molar-refractivity contribution in [3.05, 3.63) is 54.1 Å². The highest BCUT2D eigenvalue weighted by molar-refractivity contribution is 5.56. The maximum Gasteiger partial charge on any atom is 0.204 e. The summed E-state index contributed by atoms with van der Waals surface area (Å²) in [7, 11) is 3.13. The number of phenolic OH excluding ortho intramolecular Hbond substituents is 1. The normalized spacial score (nSPS) is 18.5. The van der Waals surface area contributed by atoms with Gasteiger partial charge < -0.3 is 24.1 Å². The molecule has 5 nitrogen and oxygen atoms in total. The van der Waals surface area contributed by atoms with Crippen molar-refractivity contribution in [1.29, 1.82) is 0 Å². The van der Waals surface area contributed by atoms with Gasteiger partial charge in [-0.1, -0.05) is 12.1 Å². The highest BCUT2D eigenvalue weighted by Gasteiger charge is 2.32. The van der Waals surface area contributed by atoms with Crippen LogP contribution in [0.25, 0.3) is 0 Å². The number of rotatable bonds is 5. The molecule has 1 aliphatic rings. The second-order valence-electron chi connectivity index (χ2n) is 5.91. The fourth-order valence-corrected chi connectivity index (χ4v) is 2.96. The Morgan fingerprint density at radius 2 is 1.88 bits per heavy atom. The van der Waals surface area contributed by atoms with Crippen LogP contribution in [0.3, 0.4) is 0 Å². The average Bonchev–Trinajstić information content (AvgIpc) is 2.61. The van der Waals surface area contributed by atoms with E-state index in [1.807, 2.05) is 25.1 Å². The Labute approximate surface area is 147 Å². The van der Waals surface area contributed by atoms with E-state index in [9.17, 15) is 5.11 Å². The highest BCUT2D eigenvalue weighted by Crippen LogP contribution is 2.46. The van der Waals surface area contributed by atoms with E-state index in [0.29, 0.717) is 29.4 Å². The molecule has 2 atom stereocenters. The standard InChI is InChI=1S/C20H22O5/c1-5-6-13-9-17(23-4)20-18(10-13)25-19(12(2)24-20)14-7-8-15(21)16(11-14)22-3/h5,7-12,19,21H,1,6H2,2-4H3. The van der Waals surface area contributed by atoms with Gasteiger partial charge in [-0.05, 0) is 43.2 Å². The molecule has 0 radical (unpaired) electrons. The number of allylic oxidation sites excluding steroid dienone is 1. The number of fused-ring (bicyclic) bond motifs is 1.